The molecule has 334 valence electrons. The Balaban J connectivity index is 0.000000213. The summed E-state index contributed by atoms with van der Waals surface area (Å²) in [4.78, 5) is 69.1. The maximum atomic E-state index is 13.1. The number of aliphatic hydroxyl groups excluding tert-OH is 2. The predicted octanol–water partition coefficient (Wildman–Crippen LogP) is -1.47. The Morgan fingerprint density at radius 3 is 1.48 bits per heavy atom. The molecule has 16 nitrogen and oxygen atoms in total. The van der Waals surface area contributed by atoms with E-state index in [0.717, 1.165) is 87.9 Å². The van der Waals surface area contributed by atoms with E-state index in [1.54, 1.807) is 34.6 Å². The van der Waals surface area contributed by atoms with E-state index in [1.165, 1.54) is 9.80 Å². The average Bonchev–Trinajstić information content (AvgIpc) is 3.76. The minimum absolute atomic E-state index is 0. The molecule has 6 heterocycles. The van der Waals surface area contributed by atoms with Crippen LogP contribution < -0.4 is 34.7 Å². The van der Waals surface area contributed by atoms with Crippen molar-refractivity contribution in [2.75, 3.05) is 59.4 Å². The second-order valence-electron chi connectivity index (χ2n) is 17.8. The molecule has 0 aliphatic carbocycles. The van der Waals surface area contributed by atoms with Crippen molar-refractivity contribution in [1.82, 2.24) is 19.6 Å². The summed E-state index contributed by atoms with van der Waals surface area (Å²) in [6.45, 7) is 15.9. The Morgan fingerprint density at radius 1 is 0.698 bits per heavy atom. The summed E-state index contributed by atoms with van der Waals surface area (Å²) in [5.41, 5.74) is 4.57. The van der Waals surface area contributed by atoms with Gasteiger partial charge in [0.15, 0.2) is 0 Å². The first-order valence-electron chi connectivity index (χ1n) is 21.4. The van der Waals surface area contributed by atoms with Crippen LogP contribution in [0.5, 0.6) is 0 Å². The van der Waals surface area contributed by atoms with Gasteiger partial charge in [0.1, 0.15) is 5.70 Å². The number of esters is 2. The number of nitrogens with zero attached hydrogens (tertiary/aromatic N) is 4. The Bertz CT molecular complexity index is 2090. The van der Waals surface area contributed by atoms with Crippen molar-refractivity contribution in [2.24, 2.45) is 17.3 Å². The first kappa shape index (κ1) is 48.5. The van der Waals surface area contributed by atoms with Crippen LogP contribution in [0.25, 0.3) is 11.1 Å². The number of rotatable bonds is 12. The summed E-state index contributed by atoms with van der Waals surface area (Å²) in [6.07, 6.45) is -0.745. The van der Waals surface area contributed by atoms with Gasteiger partial charge in [-0.15, -0.1) is 0 Å². The van der Waals surface area contributed by atoms with Crippen LogP contribution in [0.3, 0.4) is 0 Å². The quantitative estimate of drug-likeness (QED) is 0.108. The van der Waals surface area contributed by atoms with E-state index < -0.39 is 54.2 Å². The third-order valence-electron chi connectivity index (χ3n) is 12.5. The molecule has 6 aliphatic rings. The van der Waals surface area contributed by atoms with Gasteiger partial charge in [-0.05, 0) is 80.9 Å². The molecule has 63 heavy (non-hydrogen) atoms. The summed E-state index contributed by atoms with van der Waals surface area (Å²) >= 11 is 0. The fourth-order valence-corrected chi connectivity index (χ4v) is 9.11. The fourth-order valence-electron chi connectivity index (χ4n) is 9.11. The zero-order valence-electron chi connectivity index (χ0n) is 37.0. The standard InChI is InChI=1S/C26H34N2O7.C20H24N2O5.Na/c1-16(29)21-20-13-19(18-7-5-17(6-8-18)14-27-9-11-33-12-10-27)22(28(20)23(21)30)24(31)34-15-35-25(32)26(2,3)4;1-12(23)17-16-10-15(18(20(25)26)22(16)19(17)24)14-4-2-13(3-5-14)11-21-6-8-27-9-7-21;/h5-8,16,20-21,29H,9-15H2,1-4H3;2-5,12,16-17,23H,6-11H2,1H3,(H,25,26);/q;;+1/p-1/t16-,20-,21-;12-,16-,17-;/m11./s1. The maximum absolute atomic E-state index is 13.1. The zero-order valence-corrected chi connectivity index (χ0v) is 39.0. The van der Waals surface area contributed by atoms with Crippen LogP contribution in [0.4, 0.5) is 0 Å². The molecule has 2 amide bonds. The molecule has 2 N–H and O–H groups in total. The van der Waals surface area contributed by atoms with E-state index in [1.807, 2.05) is 48.5 Å². The summed E-state index contributed by atoms with van der Waals surface area (Å²) in [5.74, 6) is -4.31. The Labute approximate surface area is 390 Å². The SMILES string of the molecule is C[C@@H](O)[C@H]1C(=O)N2C(C(=O)OCOC(=O)C(C)(C)C)=C(c3ccc(CN4CCOCC4)cc3)C[C@H]12.C[C@@H](O)[C@H]1C(=O)N2C(C(=O)[O-])=C(c3ccc(CN4CCOCC4)cc3)C[C@H]12.[Na+]. The van der Waals surface area contributed by atoms with Gasteiger partial charge in [-0.3, -0.25) is 24.2 Å². The van der Waals surface area contributed by atoms with Crippen LogP contribution in [0, 0.1) is 17.3 Å². The number of aliphatic carboxylic acids is 1. The number of carboxylic acids is 1. The molecular formula is C46H57N4NaO12. The molecule has 8 rings (SSSR count). The number of ether oxygens (including phenoxy) is 4. The van der Waals surface area contributed by atoms with Crippen LogP contribution in [-0.4, -0.2) is 143 Å². The van der Waals surface area contributed by atoms with Crippen molar-refractivity contribution in [3.63, 3.8) is 0 Å². The second-order valence-corrected chi connectivity index (χ2v) is 17.8. The number of morpholine rings is 2. The first-order chi connectivity index (χ1) is 29.5. The number of hydrogen-bond donors (Lipinski definition) is 2. The van der Waals surface area contributed by atoms with E-state index in [4.69, 9.17) is 18.9 Å². The minimum Gasteiger partial charge on any atom is -0.543 e. The topological polar surface area (TPSA) is 199 Å². The van der Waals surface area contributed by atoms with Gasteiger partial charge in [0.2, 0.25) is 18.6 Å². The molecule has 0 spiro atoms. The first-order valence-corrected chi connectivity index (χ1v) is 21.4. The van der Waals surface area contributed by atoms with E-state index >= 15 is 0 Å². The van der Waals surface area contributed by atoms with Crippen molar-refractivity contribution < 1.29 is 87.8 Å². The van der Waals surface area contributed by atoms with E-state index in [-0.39, 0.29) is 64.8 Å². The molecule has 4 fully saturated rings. The number of carboxylic acid groups (broad SMARTS) is 1. The molecule has 4 saturated heterocycles. The van der Waals surface area contributed by atoms with Crippen molar-refractivity contribution in [3.8, 4) is 0 Å². The van der Waals surface area contributed by atoms with Crippen molar-refractivity contribution in [3.05, 3.63) is 82.2 Å². The third kappa shape index (κ3) is 10.5. The number of hydrogen-bond acceptors (Lipinski definition) is 14. The van der Waals surface area contributed by atoms with Crippen LogP contribution in [0.1, 0.15) is 69.7 Å². The number of fused-ring (bicyclic) bond motifs is 2. The van der Waals surface area contributed by atoms with Gasteiger partial charge >= 0.3 is 41.5 Å². The molecule has 6 atom stereocenters. The number of aliphatic hydroxyl groups is 2. The molecule has 0 unspecified atom stereocenters. The van der Waals surface area contributed by atoms with Gasteiger partial charge in [0.05, 0.1) is 79.6 Å². The molecule has 6 aliphatic heterocycles. The number of benzene rings is 2. The zero-order chi connectivity index (χ0) is 44.5. The van der Waals surface area contributed by atoms with Gasteiger partial charge in [0, 0.05) is 39.3 Å². The van der Waals surface area contributed by atoms with Gasteiger partial charge in [0.25, 0.3) is 0 Å². The third-order valence-corrected chi connectivity index (χ3v) is 12.5. The van der Waals surface area contributed by atoms with Crippen LogP contribution in [0.2, 0.25) is 0 Å². The van der Waals surface area contributed by atoms with Crippen LogP contribution in [-0.2, 0) is 56.0 Å². The Kier molecular flexibility index (Phi) is 15.8. The van der Waals surface area contributed by atoms with Gasteiger partial charge in [-0.1, -0.05) is 48.5 Å². The fraction of sp³-hybridized carbons (Fsp3) is 0.543. The molecule has 2 aromatic carbocycles. The number of carbonyl (C=O) groups excluding carboxylic acids is 5. The summed E-state index contributed by atoms with van der Waals surface area (Å²) in [7, 11) is 0. The van der Waals surface area contributed by atoms with Gasteiger partial charge in [-0.25, -0.2) is 4.79 Å². The average molecular weight is 881 g/mol. The summed E-state index contributed by atoms with van der Waals surface area (Å²) < 4.78 is 21.1. The Morgan fingerprint density at radius 2 is 1.10 bits per heavy atom. The van der Waals surface area contributed by atoms with Crippen LogP contribution >= 0.6 is 0 Å². The molecule has 0 saturated carbocycles. The van der Waals surface area contributed by atoms with Crippen molar-refractivity contribution in [1.29, 1.82) is 0 Å². The summed E-state index contributed by atoms with van der Waals surface area (Å²) in [6, 6.07) is 15.1. The smallest absolute Gasteiger partial charge is 0.543 e. The monoisotopic (exact) mass is 880 g/mol. The molecule has 17 heteroatoms. The predicted molar refractivity (Wildman–Crippen MR) is 221 cm³/mol. The largest absolute Gasteiger partial charge is 1.00 e. The maximum Gasteiger partial charge on any atom is 1.00 e. The van der Waals surface area contributed by atoms with Gasteiger partial charge in [-0.2, -0.15) is 0 Å². The van der Waals surface area contributed by atoms with E-state index in [9.17, 15) is 39.3 Å². The molecular weight excluding hydrogens is 824 g/mol. The molecule has 0 radical (unpaired) electrons. The molecule has 2 aromatic rings. The number of β-lactam (4-membered cyclic amide) rings is 2. The molecule has 0 bridgehead atoms. The minimum atomic E-state index is -1.35. The van der Waals surface area contributed by atoms with E-state index in [0.29, 0.717) is 24.0 Å². The van der Waals surface area contributed by atoms with Crippen molar-refractivity contribution in [2.45, 2.75) is 84.8 Å². The number of carbonyl (C=O) groups is 5. The van der Waals surface area contributed by atoms with Crippen LogP contribution in [0.15, 0.2) is 59.9 Å². The van der Waals surface area contributed by atoms with Gasteiger partial charge < -0.3 is 48.9 Å². The van der Waals surface area contributed by atoms with E-state index in [2.05, 4.69) is 9.80 Å². The normalized spacial score (nSPS) is 24.6. The Hall–Kier alpha value is -3.97. The second kappa shape index (κ2) is 20.5. The molecule has 0 aromatic heterocycles. The number of amides is 2. The summed E-state index contributed by atoms with van der Waals surface area (Å²) in [5, 5.41) is 31.6. The van der Waals surface area contributed by atoms with Crippen molar-refractivity contribution >= 4 is 40.9 Å².